The van der Waals surface area contributed by atoms with Crippen LogP contribution in [0.5, 0.6) is 0 Å². The Bertz CT molecular complexity index is 552. The molecule has 94 valence electrons. The fourth-order valence-corrected chi connectivity index (χ4v) is 3.43. The van der Waals surface area contributed by atoms with Gasteiger partial charge in [-0.05, 0) is 30.4 Å². The van der Waals surface area contributed by atoms with Crippen molar-refractivity contribution in [2.45, 2.75) is 31.3 Å². The van der Waals surface area contributed by atoms with Crippen molar-refractivity contribution < 1.29 is 10.1 Å². The van der Waals surface area contributed by atoms with E-state index in [0.717, 1.165) is 30.0 Å². The lowest BCUT2D eigenvalue weighted by atomic mass is 9.90. The van der Waals surface area contributed by atoms with Gasteiger partial charge in [0.1, 0.15) is 5.69 Å². The molecule has 0 bridgehead atoms. The molecule has 2 atom stereocenters. The molecule has 0 fully saturated rings. The van der Waals surface area contributed by atoms with Crippen LogP contribution in [0, 0.1) is 0 Å². The van der Waals surface area contributed by atoms with Crippen LogP contribution >= 0.6 is 11.3 Å². The first kappa shape index (κ1) is 11.7. The number of nitrogen functional groups attached to an aromatic ring is 1. The van der Waals surface area contributed by atoms with Crippen LogP contribution in [0.25, 0.3) is 0 Å². The van der Waals surface area contributed by atoms with Crippen molar-refractivity contribution in [2.24, 2.45) is 0 Å². The van der Waals surface area contributed by atoms with Crippen molar-refractivity contribution >= 4 is 16.5 Å². The minimum atomic E-state index is -0.331. The number of aromatic nitrogens is 1. The van der Waals surface area contributed by atoms with Crippen molar-refractivity contribution in [3.63, 3.8) is 0 Å². The topological polar surface area (TPSA) is 60.4 Å². The van der Waals surface area contributed by atoms with Crippen LogP contribution in [0.2, 0.25) is 0 Å². The zero-order valence-corrected chi connectivity index (χ0v) is 10.9. The second kappa shape index (κ2) is 4.71. The highest BCUT2D eigenvalue weighted by atomic mass is 32.1. The molecular weight excluding hydrogens is 244 g/mol. The molecule has 1 aromatic heterocycles. The summed E-state index contributed by atoms with van der Waals surface area (Å²) in [5.74, 6) is 0.326. The van der Waals surface area contributed by atoms with E-state index in [1.807, 2.05) is 18.2 Å². The van der Waals surface area contributed by atoms with Crippen molar-refractivity contribution in [1.29, 1.82) is 0 Å². The van der Waals surface area contributed by atoms with E-state index in [1.54, 1.807) is 11.3 Å². The minimum Gasteiger partial charge on any atom is -0.388 e. The Morgan fingerprint density at radius 3 is 2.72 bits per heavy atom. The Balaban J connectivity index is 2.07. The summed E-state index contributed by atoms with van der Waals surface area (Å²) in [4.78, 5) is 3.24. The minimum absolute atomic E-state index is 0.326. The number of aliphatic hydroxyl groups excluding tert-OH is 1. The van der Waals surface area contributed by atoms with E-state index in [4.69, 9.17) is 5.73 Å². The third-order valence-corrected chi connectivity index (χ3v) is 4.38. The fourth-order valence-electron chi connectivity index (χ4n) is 2.78. The number of rotatable bonds is 1. The molecule has 0 saturated carbocycles. The Morgan fingerprint density at radius 2 is 2.00 bits per heavy atom. The van der Waals surface area contributed by atoms with Gasteiger partial charge in [0.05, 0.1) is 6.10 Å². The van der Waals surface area contributed by atoms with E-state index < -0.39 is 0 Å². The zero-order valence-electron chi connectivity index (χ0n) is 10.1. The lowest BCUT2D eigenvalue weighted by molar-refractivity contribution is -0.368. The Morgan fingerprint density at radius 1 is 1.22 bits per heavy atom. The number of hydrogen-bond acceptors (Lipinski definition) is 3. The first-order valence-corrected chi connectivity index (χ1v) is 7.16. The number of anilines is 1. The maximum atomic E-state index is 10.2. The van der Waals surface area contributed by atoms with E-state index in [9.17, 15) is 5.11 Å². The van der Waals surface area contributed by atoms with Gasteiger partial charge >= 0.3 is 5.13 Å². The molecule has 2 unspecified atom stereocenters. The SMILES string of the molecule is Nc1[nH+]c(C2CCCC(O)c3ccccc32)cs1. The van der Waals surface area contributed by atoms with Crippen LogP contribution in [-0.4, -0.2) is 5.11 Å². The van der Waals surface area contributed by atoms with Gasteiger partial charge in [0, 0.05) is 11.3 Å². The molecule has 3 rings (SSSR count). The molecule has 18 heavy (non-hydrogen) atoms. The maximum absolute atomic E-state index is 10.2. The number of nitrogens with two attached hydrogens (primary N) is 1. The lowest BCUT2D eigenvalue weighted by Gasteiger charge is -2.15. The van der Waals surface area contributed by atoms with Crippen molar-refractivity contribution in [3.8, 4) is 0 Å². The lowest BCUT2D eigenvalue weighted by Crippen LogP contribution is -2.15. The van der Waals surface area contributed by atoms with Gasteiger partial charge in [0.15, 0.2) is 0 Å². The number of benzene rings is 1. The molecule has 0 spiro atoms. The third kappa shape index (κ3) is 2.02. The normalized spacial score (nSPS) is 23.4. The molecule has 0 radical (unpaired) electrons. The molecule has 0 saturated heterocycles. The van der Waals surface area contributed by atoms with Crippen molar-refractivity contribution in [3.05, 3.63) is 46.5 Å². The molecule has 1 aromatic carbocycles. The van der Waals surface area contributed by atoms with Crippen LogP contribution in [0.15, 0.2) is 29.6 Å². The average molecular weight is 261 g/mol. The van der Waals surface area contributed by atoms with Crippen LogP contribution in [-0.2, 0) is 0 Å². The fraction of sp³-hybridized carbons (Fsp3) is 0.357. The van der Waals surface area contributed by atoms with Crippen LogP contribution in [0.3, 0.4) is 0 Å². The number of thiazole rings is 1. The zero-order chi connectivity index (χ0) is 12.5. The van der Waals surface area contributed by atoms with Crippen molar-refractivity contribution in [1.82, 2.24) is 0 Å². The van der Waals surface area contributed by atoms with E-state index in [-0.39, 0.29) is 6.10 Å². The predicted octanol–water partition coefficient (Wildman–Crippen LogP) is 2.49. The van der Waals surface area contributed by atoms with Gasteiger partial charge in [-0.15, -0.1) is 0 Å². The summed E-state index contributed by atoms with van der Waals surface area (Å²) in [6, 6.07) is 8.19. The first-order valence-electron chi connectivity index (χ1n) is 6.29. The quantitative estimate of drug-likeness (QED) is 0.775. The molecule has 1 heterocycles. The standard InChI is InChI=1S/C14H16N2OS/c15-14-16-12(8-18-14)10-6-3-7-13(17)11-5-2-1-4-9(10)11/h1-2,4-5,8,10,13,17H,3,6-7H2,(H2,15,16)/p+1. The highest BCUT2D eigenvalue weighted by Crippen LogP contribution is 2.38. The van der Waals surface area contributed by atoms with Gasteiger partial charge in [-0.2, -0.15) is 0 Å². The molecular formula is C14H17N2OS+. The molecule has 2 aromatic rings. The molecule has 4 heteroatoms. The average Bonchev–Trinajstić information content (AvgIpc) is 2.73. The summed E-state index contributed by atoms with van der Waals surface area (Å²) < 4.78 is 0. The molecule has 0 amide bonds. The van der Waals surface area contributed by atoms with Gasteiger partial charge in [-0.25, -0.2) is 4.98 Å². The molecule has 4 N–H and O–H groups in total. The Labute approximate surface area is 110 Å². The first-order chi connectivity index (χ1) is 8.75. The molecule has 3 nitrogen and oxygen atoms in total. The molecule has 0 aliphatic heterocycles. The number of nitrogens with one attached hydrogen (secondary N) is 1. The molecule has 1 aliphatic carbocycles. The van der Waals surface area contributed by atoms with Gasteiger partial charge < -0.3 is 5.11 Å². The van der Waals surface area contributed by atoms with E-state index in [2.05, 4.69) is 16.4 Å². The summed E-state index contributed by atoms with van der Waals surface area (Å²) in [6.45, 7) is 0. The predicted molar refractivity (Wildman–Crippen MR) is 72.4 cm³/mol. The summed E-state index contributed by atoms with van der Waals surface area (Å²) in [7, 11) is 0. The Hall–Kier alpha value is -1.39. The Kier molecular flexibility index (Phi) is 3.06. The molecule has 1 aliphatic rings. The van der Waals surface area contributed by atoms with Crippen molar-refractivity contribution in [2.75, 3.05) is 5.73 Å². The number of H-pyrrole nitrogens is 1. The smallest absolute Gasteiger partial charge is 0.329 e. The number of fused-ring (bicyclic) bond motifs is 1. The second-order valence-electron chi connectivity index (χ2n) is 4.81. The summed E-state index contributed by atoms with van der Waals surface area (Å²) in [6.07, 6.45) is 2.60. The van der Waals surface area contributed by atoms with E-state index >= 15 is 0 Å². The van der Waals surface area contributed by atoms with E-state index in [0.29, 0.717) is 5.92 Å². The monoisotopic (exact) mass is 261 g/mol. The number of hydrogen-bond donors (Lipinski definition) is 2. The number of aliphatic hydroxyl groups is 1. The maximum Gasteiger partial charge on any atom is 0.329 e. The van der Waals surface area contributed by atoms with Crippen LogP contribution < -0.4 is 10.7 Å². The van der Waals surface area contributed by atoms with E-state index in [1.165, 1.54) is 11.3 Å². The second-order valence-corrected chi connectivity index (χ2v) is 5.72. The van der Waals surface area contributed by atoms with Crippen LogP contribution in [0.1, 0.15) is 48.1 Å². The summed E-state index contributed by atoms with van der Waals surface area (Å²) in [5.41, 5.74) is 9.25. The highest BCUT2D eigenvalue weighted by Gasteiger charge is 2.27. The highest BCUT2D eigenvalue weighted by molar-refractivity contribution is 7.13. The largest absolute Gasteiger partial charge is 0.388 e. The van der Waals surface area contributed by atoms with Gasteiger partial charge in [0.25, 0.3) is 0 Å². The van der Waals surface area contributed by atoms with Gasteiger partial charge in [-0.1, -0.05) is 35.6 Å². The summed E-state index contributed by atoms with van der Waals surface area (Å²) in [5, 5.41) is 13.0. The summed E-state index contributed by atoms with van der Waals surface area (Å²) >= 11 is 1.54. The third-order valence-electron chi connectivity index (χ3n) is 3.66. The van der Waals surface area contributed by atoms with Crippen LogP contribution in [0.4, 0.5) is 5.13 Å². The van der Waals surface area contributed by atoms with Gasteiger partial charge in [0.2, 0.25) is 0 Å². The van der Waals surface area contributed by atoms with Gasteiger partial charge in [-0.3, -0.25) is 5.73 Å². The number of aromatic amines is 1.